The van der Waals surface area contributed by atoms with Crippen LogP contribution in [0.25, 0.3) is 5.69 Å². The average Bonchev–Trinajstić information content (AvgIpc) is 3.38. The zero-order valence-electron chi connectivity index (χ0n) is 20.6. The molecule has 3 aromatic rings. The van der Waals surface area contributed by atoms with Gasteiger partial charge in [0.25, 0.3) is 0 Å². The monoisotopic (exact) mass is 496 g/mol. The minimum atomic E-state index is -0.255. The Hall–Kier alpha value is -2.58. The van der Waals surface area contributed by atoms with Crippen molar-refractivity contribution >= 4 is 40.7 Å². The van der Waals surface area contributed by atoms with E-state index in [0.29, 0.717) is 11.6 Å². The molecule has 0 bridgehead atoms. The summed E-state index contributed by atoms with van der Waals surface area (Å²) in [7, 11) is 0. The summed E-state index contributed by atoms with van der Waals surface area (Å²) in [5, 5.41) is 10.1. The third kappa shape index (κ3) is 4.93. The van der Waals surface area contributed by atoms with E-state index in [4.69, 9.17) is 5.10 Å². The molecule has 34 heavy (non-hydrogen) atoms. The molecule has 0 aliphatic carbocycles. The predicted molar refractivity (Wildman–Crippen MR) is 141 cm³/mol. The molecule has 0 saturated heterocycles. The molecule has 2 aromatic heterocycles. The molecule has 180 valence electrons. The number of thioether (sulfide) groups is 1. The number of hydrogen-bond donors (Lipinski definition) is 1. The summed E-state index contributed by atoms with van der Waals surface area (Å²) in [4.78, 5) is 29.2. The van der Waals surface area contributed by atoms with Gasteiger partial charge in [0, 0.05) is 21.9 Å². The van der Waals surface area contributed by atoms with Crippen LogP contribution in [0.3, 0.4) is 0 Å². The first-order chi connectivity index (χ1) is 16.1. The first-order valence-electron chi connectivity index (χ1n) is 11.5. The molecule has 1 aromatic carbocycles. The van der Waals surface area contributed by atoms with E-state index in [9.17, 15) is 9.59 Å². The van der Waals surface area contributed by atoms with Crippen molar-refractivity contribution in [1.82, 2.24) is 15.1 Å². The molecule has 0 radical (unpaired) electrons. The summed E-state index contributed by atoms with van der Waals surface area (Å²) in [6.07, 6.45) is 0. The summed E-state index contributed by atoms with van der Waals surface area (Å²) < 4.78 is 1.86. The largest absolute Gasteiger partial charge is 0.352 e. The molecule has 0 unspecified atom stereocenters. The van der Waals surface area contributed by atoms with Crippen molar-refractivity contribution in [2.75, 3.05) is 17.2 Å². The molecule has 4 rings (SSSR count). The Kier molecular flexibility index (Phi) is 6.92. The van der Waals surface area contributed by atoms with E-state index in [2.05, 4.69) is 37.5 Å². The van der Waals surface area contributed by atoms with E-state index in [1.54, 1.807) is 28.0 Å². The van der Waals surface area contributed by atoms with Crippen LogP contribution in [0, 0.1) is 6.92 Å². The number of benzene rings is 1. The fraction of sp³-hybridized carbons (Fsp3) is 0.423. The maximum absolute atomic E-state index is 13.5. The van der Waals surface area contributed by atoms with E-state index in [0.717, 1.165) is 22.5 Å². The van der Waals surface area contributed by atoms with E-state index in [1.807, 2.05) is 55.8 Å². The van der Waals surface area contributed by atoms with Gasteiger partial charge in [0.05, 0.1) is 22.4 Å². The number of carbonyl (C=O) groups excluding carboxylic acids is 2. The third-order valence-corrected chi connectivity index (χ3v) is 7.95. The van der Waals surface area contributed by atoms with Crippen LogP contribution in [0.4, 0.5) is 5.82 Å². The highest BCUT2D eigenvalue weighted by atomic mass is 32.2. The second-order valence-corrected chi connectivity index (χ2v) is 12.1. The number of carbonyl (C=O) groups is 2. The Morgan fingerprint density at radius 2 is 1.91 bits per heavy atom. The van der Waals surface area contributed by atoms with Gasteiger partial charge >= 0.3 is 0 Å². The van der Waals surface area contributed by atoms with Crippen LogP contribution in [0.1, 0.15) is 61.6 Å². The van der Waals surface area contributed by atoms with Crippen molar-refractivity contribution in [2.45, 2.75) is 58.2 Å². The number of aromatic nitrogens is 2. The number of fused-ring (bicyclic) bond motifs is 1. The van der Waals surface area contributed by atoms with Gasteiger partial charge in [0.1, 0.15) is 12.4 Å². The number of anilines is 1. The molecular weight excluding hydrogens is 464 g/mol. The first kappa shape index (κ1) is 24.5. The molecule has 1 atom stereocenters. The molecule has 0 fully saturated rings. The first-order valence-corrected chi connectivity index (χ1v) is 13.4. The van der Waals surface area contributed by atoms with E-state index in [-0.39, 0.29) is 35.1 Å². The molecule has 6 nitrogen and oxygen atoms in total. The van der Waals surface area contributed by atoms with Gasteiger partial charge in [-0.2, -0.15) is 5.10 Å². The Balaban J connectivity index is 1.98. The summed E-state index contributed by atoms with van der Waals surface area (Å²) in [6, 6.07) is 12.3. The minimum Gasteiger partial charge on any atom is -0.352 e. The molecular formula is C26H32N4O2S2. The zero-order valence-corrected chi connectivity index (χ0v) is 22.2. The Bertz CT molecular complexity index is 1170. The van der Waals surface area contributed by atoms with Crippen LogP contribution in [-0.2, 0) is 15.0 Å². The van der Waals surface area contributed by atoms with E-state index >= 15 is 0 Å². The number of hydrogen-bond acceptors (Lipinski definition) is 5. The average molecular weight is 497 g/mol. The standard InChI is InChI=1S/C26H32N4O2S2/c1-16(2)27-20(31)14-29-21(32)15-34-23(19-8-7-13-33-19)22-24(26(4,5)6)28-30(25(22)29)18-11-9-17(3)10-12-18/h7-13,16,23H,14-15H2,1-6H3,(H,27,31)/t23-/m0/s1. The lowest BCUT2D eigenvalue weighted by Gasteiger charge is -2.24. The second-order valence-electron chi connectivity index (χ2n) is 9.99. The van der Waals surface area contributed by atoms with Crippen LogP contribution >= 0.6 is 23.1 Å². The van der Waals surface area contributed by atoms with Crippen LogP contribution in [0.15, 0.2) is 41.8 Å². The number of aryl methyl sites for hydroxylation is 1. The smallest absolute Gasteiger partial charge is 0.240 e. The molecule has 0 saturated carbocycles. The molecule has 0 spiro atoms. The van der Waals surface area contributed by atoms with Crippen LogP contribution in [-0.4, -0.2) is 39.9 Å². The zero-order chi connectivity index (χ0) is 24.6. The fourth-order valence-corrected chi connectivity index (χ4v) is 6.29. The van der Waals surface area contributed by atoms with Crippen molar-refractivity contribution in [3.8, 4) is 5.69 Å². The topological polar surface area (TPSA) is 67.2 Å². The molecule has 1 aliphatic rings. The van der Waals surface area contributed by atoms with Gasteiger partial charge in [0.15, 0.2) is 0 Å². The maximum Gasteiger partial charge on any atom is 0.240 e. The normalized spacial score (nSPS) is 16.5. The van der Waals surface area contributed by atoms with Crippen LogP contribution in [0.2, 0.25) is 0 Å². The van der Waals surface area contributed by atoms with Crippen molar-refractivity contribution in [1.29, 1.82) is 0 Å². The number of thiophene rings is 1. The van der Waals surface area contributed by atoms with Crippen LogP contribution in [0.5, 0.6) is 0 Å². The third-order valence-electron chi connectivity index (χ3n) is 5.63. The van der Waals surface area contributed by atoms with Gasteiger partial charge in [-0.25, -0.2) is 4.68 Å². The lowest BCUT2D eigenvalue weighted by Crippen LogP contribution is -2.44. The summed E-state index contributed by atoms with van der Waals surface area (Å²) in [5.41, 5.74) is 3.72. The number of rotatable bonds is 5. The van der Waals surface area contributed by atoms with Gasteiger partial charge in [0.2, 0.25) is 11.8 Å². The van der Waals surface area contributed by atoms with Gasteiger partial charge in [-0.1, -0.05) is 44.5 Å². The lowest BCUT2D eigenvalue weighted by molar-refractivity contribution is -0.123. The number of nitrogens with one attached hydrogen (secondary N) is 1. The maximum atomic E-state index is 13.5. The molecule has 8 heteroatoms. The lowest BCUT2D eigenvalue weighted by atomic mass is 9.88. The molecule has 1 aliphatic heterocycles. The second kappa shape index (κ2) is 9.58. The Morgan fingerprint density at radius 1 is 1.21 bits per heavy atom. The predicted octanol–water partition coefficient (Wildman–Crippen LogP) is 5.23. The van der Waals surface area contributed by atoms with E-state index < -0.39 is 0 Å². The van der Waals surface area contributed by atoms with Crippen molar-refractivity contribution in [3.63, 3.8) is 0 Å². The molecule has 2 amide bonds. The van der Waals surface area contributed by atoms with Gasteiger partial charge in [-0.15, -0.1) is 23.1 Å². The molecule has 1 N–H and O–H groups in total. The van der Waals surface area contributed by atoms with Crippen molar-refractivity contribution < 1.29 is 9.59 Å². The van der Waals surface area contributed by atoms with Crippen molar-refractivity contribution in [2.24, 2.45) is 0 Å². The van der Waals surface area contributed by atoms with Gasteiger partial charge < -0.3 is 5.32 Å². The summed E-state index contributed by atoms with van der Waals surface area (Å²) in [5.74, 6) is 0.728. The summed E-state index contributed by atoms with van der Waals surface area (Å²) in [6.45, 7) is 12.3. The van der Waals surface area contributed by atoms with Gasteiger partial charge in [-0.3, -0.25) is 14.5 Å². The van der Waals surface area contributed by atoms with Gasteiger partial charge in [-0.05, 0) is 44.4 Å². The highest BCUT2D eigenvalue weighted by Gasteiger charge is 2.40. The van der Waals surface area contributed by atoms with Crippen LogP contribution < -0.4 is 10.2 Å². The molecule has 3 heterocycles. The Labute approximate surface area is 209 Å². The minimum absolute atomic E-state index is 0.00515. The van der Waals surface area contributed by atoms with E-state index in [1.165, 1.54) is 4.88 Å². The highest BCUT2D eigenvalue weighted by molar-refractivity contribution is 8.00. The number of nitrogens with zero attached hydrogens (tertiary/aromatic N) is 3. The number of amides is 2. The summed E-state index contributed by atoms with van der Waals surface area (Å²) >= 11 is 3.30. The highest BCUT2D eigenvalue weighted by Crippen LogP contribution is 2.49. The van der Waals surface area contributed by atoms with Crippen molar-refractivity contribution in [3.05, 3.63) is 63.5 Å². The Morgan fingerprint density at radius 3 is 2.50 bits per heavy atom. The SMILES string of the molecule is Cc1ccc(-n2nc(C(C)(C)C)c3c2N(CC(=O)NC(C)C)C(=O)CS[C@H]3c2cccs2)cc1. The fourth-order valence-electron chi connectivity index (χ4n) is 4.12. The quantitative estimate of drug-likeness (QED) is 0.525.